The molecule has 0 saturated carbocycles. The molecule has 31 heavy (non-hydrogen) atoms. The third-order valence-corrected chi connectivity index (χ3v) is 5.55. The summed E-state index contributed by atoms with van der Waals surface area (Å²) in [6.45, 7) is 2.69. The first kappa shape index (κ1) is 20.7. The number of para-hydroxylation sites is 1. The highest BCUT2D eigenvalue weighted by atomic mass is 32.2. The molecular formula is C24H21N3O3S. The average Bonchev–Trinajstić information content (AvgIpc) is 3.06. The largest absolute Gasteiger partial charge is 0.504 e. The Labute approximate surface area is 184 Å². The lowest BCUT2D eigenvalue weighted by molar-refractivity contribution is -0.122. The van der Waals surface area contributed by atoms with Gasteiger partial charge in [0.1, 0.15) is 0 Å². The fourth-order valence-electron chi connectivity index (χ4n) is 3.06. The number of ether oxygens (including phenoxy) is 1. The molecule has 3 aromatic rings. The molecule has 0 atom stereocenters. The van der Waals surface area contributed by atoms with Crippen LogP contribution in [0.5, 0.6) is 11.5 Å². The summed E-state index contributed by atoms with van der Waals surface area (Å²) >= 11 is 1.33. The molecule has 2 aromatic carbocycles. The van der Waals surface area contributed by atoms with Gasteiger partial charge in [-0.2, -0.15) is 0 Å². The molecule has 0 bridgehead atoms. The van der Waals surface area contributed by atoms with Gasteiger partial charge in [-0.1, -0.05) is 24.3 Å². The smallest absolute Gasteiger partial charge is 0.267 e. The van der Waals surface area contributed by atoms with Crippen LogP contribution in [-0.2, 0) is 11.3 Å². The van der Waals surface area contributed by atoms with E-state index in [2.05, 4.69) is 4.98 Å². The lowest BCUT2D eigenvalue weighted by atomic mass is 10.2. The van der Waals surface area contributed by atoms with Gasteiger partial charge in [-0.25, -0.2) is 4.99 Å². The second-order valence-electron chi connectivity index (χ2n) is 6.75. The van der Waals surface area contributed by atoms with Crippen LogP contribution in [0.3, 0.4) is 0 Å². The Morgan fingerprint density at radius 1 is 1.13 bits per heavy atom. The maximum atomic E-state index is 13.3. The van der Waals surface area contributed by atoms with Gasteiger partial charge in [-0.05, 0) is 72.3 Å². The predicted molar refractivity (Wildman–Crippen MR) is 123 cm³/mol. The molecule has 1 N–H and O–H groups in total. The van der Waals surface area contributed by atoms with Crippen LogP contribution in [0.4, 0.5) is 5.69 Å². The molecule has 1 saturated heterocycles. The van der Waals surface area contributed by atoms with Crippen LogP contribution in [0.2, 0.25) is 0 Å². The van der Waals surface area contributed by atoms with Crippen molar-refractivity contribution < 1.29 is 14.6 Å². The van der Waals surface area contributed by atoms with Crippen LogP contribution in [-0.4, -0.2) is 32.7 Å². The van der Waals surface area contributed by atoms with E-state index in [0.29, 0.717) is 29.0 Å². The van der Waals surface area contributed by atoms with Gasteiger partial charge in [0.05, 0.1) is 23.7 Å². The normalized spacial score (nSPS) is 16.3. The Morgan fingerprint density at radius 2 is 1.90 bits per heavy atom. The number of phenols is 1. The lowest BCUT2D eigenvalue weighted by Gasteiger charge is -2.15. The number of aliphatic imine (C=N–C) groups is 1. The van der Waals surface area contributed by atoms with Crippen molar-refractivity contribution in [2.75, 3.05) is 6.61 Å². The highest BCUT2D eigenvalue weighted by Gasteiger charge is 2.33. The average molecular weight is 432 g/mol. The molecule has 6 nitrogen and oxygen atoms in total. The molecule has 7 heteroatoms. The first-order valence-corrected chi connectivity index (χ1v) is 10.7. The SMILES string of the molecule is CCOc1cc(/C=C2/SC(=Nc3ccccc3)N(Cc3ccncc3)C2=O)ccc1O. The number of carbonyl (C=O) groups is 1. The van der Waals surface area contributed by atoms with E-state index in [4.69, 9.17) is 9.73 Å². The highest BCUT2D eigenvalue weighted by molar-refractivity contribution is 8.18. The van der Waals surface area contributed by atoms with E-state index in [0.717, 1.165) is 16.8 Å². The molecular weight excluding hydrogens is 410 g/mol. The molecule has 4 rings (SSSR count). The number of thioether (sulfide) groups is 1. The van der Waals surface area contributed by atoms with Crippen molar-refractivity contribution in [2.24, 2.45) is 4.99 Å². The minimum absolute atomic E-state index is 0.0695. The van der Waals surface area contributed by atoms with Crippen molar-refractivity contribution in [1.29, 1.82) is 0 Å². The van der Waals surface area contributed by atoms with Crippen LogP contribution < -0.4 is 4.74 Å². The van der Waals surface area contributed by atoms with Crippen molar-refractivity contribution in [3.05, 3.63) is 89.1 Å². The van der Waals surface area contributed by atoms with Gasteiger partial charge in [0.15, 0.2) is 16.7 Å². The Kier molecular flexibility index (Phi) is 6.33. The number of amides is 1. The molecule has 0 aliphatic carbocycles. The van der Waals surface area contributed by atoms with Crippen molar-refractivity contribution >= 4 is 34.6 Å². The van der Waals surface area contributed by atoms with Gasteiger partial charge in [-0.15, -0.1) is 0 Å². The maximum Gasteiger partial charge on any atom is 0.267 e. The fraction of sp³-hybridized carbons (Fsp3) is 0.125. The monoisotopic (exact) mass is 431 g/mol. The van der Waals surface area contributed by atoms with Gasteiger partial charge in [-0.3, -0.25) is 14.7 Å². The number of pyridine rings is 1. The van der Waals surface area contributed by atoms with E-state index in [1.165, 1.54) is 11.8 Å². The molecule has 1 aliphatic rings. The quantitative estimate of drug-likeness (QED) is 0.557. The minimum atomic E-state index is -0.123. The Morgan fingerprint density at radius 3 is 2.65 bits per heavy atom. The summed E-state index contributed by atoms with van der Waals surface area (Å²) in [7, 11) is 0. The predicted octanol–water partition coefficient (Wildman–Crippen LogP) is 4.99. The van der Waals surface area contributed by atoms with Crippen LogP contribution in [0.15, 0.2) is 83.0 Å². The van der Waals surface area contributed by atoms with Crippen LogP contribution in [0.1, 0.15) is 18.1 Å². The minimum Gasteiger partial charge on any atom is -0.504 e. The topological polar surface area (TPSA) is 75.0 Å². The zero-order valence-electron chi connectivity index (χ0n) is 16.9. The second-order valence-corrected chi connectivity index (χ2v) is 7.76. The molecule has 156 valence electrons. The van der Waals surface area contributed by atoms with Crippen molar-refractivity contribution in [3.8, 4) is 11.5 Å². The van der Waals surface area contributed by atoms with Crippen LogP contribution in [0.25, 0.3) is 6.08 Å². The van der Waals surface area contributed by atoms with Crippen molar-refractivity contribution in [1.82, 2.24) is 9.88 Å². The number of hydrogen-bond acceptors (Lipinski definition) is 6. The van der Waals surface area contributed by atoms with Gasteiger partial charge in [0, 0.05) is 12.4 Å². The number of benzene rings is 2. The van der Waals surface area contributed by atoms with Crippen molar-refractivity contribution in [2.45, 2.75) is 13.5 Å². The van der Waals surface area contributed by atoms with Gasteiger partial charge in [0.2, 0.25) is 0 Å². The molecule has 1 fully saturated rings. The Bertz CT molecular complexity index is 1130. The zero-order valence-corrected chi connectivity index (χ0v) is 17.7. The van der Waals surface area contributed by atoms with Gasteiger partial charge < -0.3 is 9.84 Å². The highest BCUT2D eigenvalue weighted by Crippen LogP contribution is 2.36. The zero-order chi connectivity index (χ0) is 21.6. The number of phenolic OH excluding ortho intramolecular Hbond substituents is 1. The first-order valence-electron chi connectivity index (χ1n) is 9.84. The summed E-state index contributed by atoms with van der Waals surface area (Å²) in [5.74, 6) is 0.335. The molecule has 0 radical (unpaired) electrons. The number of rotatable bonds is 6. The third kappa shape index (κ3) is 4.95. The summed E-state index contributed by atoms with van der Waals surface area (Å²) in [6, 6.07) is 18.4. The molecule has 0 unspecified atom stereocenters. The standard InChI is InChI=1S/C24H21N3O3S/c1-2-30-21-14-18(8-9-20(21)28)15-22-23(29)27(16-17-10-12-25-13-11-17)24(31-22)26-19-6-4-3-5-7-19/h3-15,28H,2,16H2,1H3/b22-15+,26-24?. The Balaban J connectivity index is 1.68. The first-order chi connectivity index (χ1) is 15.1. The maximum absolute atomic E-state index is 13.3. The second kappa shape index (κ2) is 9.49. The number of nitrogens with zero attached hydrogens (tertiary/aromatic N) is 3. The van der Waals surface area contributed by atoms with E-state index < -0.39 is 0 Å². The van der Waals surface area contributed by atoms with Gasteiger partial charge in [0.25, 0.3) is 5.91 Å². The summed E-state index contributed by atoms with van der Waals surface area (Å²) in [5, 5.41) is 10.6. The molecule has 1 aliphatic heterocycles. The molecule has 2 heterocycles. The molecule has 0 spiro atoms. The Hall–Kier alpha value is -3.58. The lowest BCUT2D eigenvalue weighted by Crippen LogP contribution is -2.28. The summed E-state index contributed by atoms with van der Waals surface area (Å²) in [4.78, 5) is 24.2. The van der Waals surface area contributed by atoms with E-state index in [1.54, 1.807) is 41.6 Å². The van der Waals surface area contributed by atoms with E-state index in [-0.39, 0.29) is 11.7 Å². The number of hydrogen-bond donors (Lipinski definition) is 1. The van der Waals surface area contributed by atoms with Crippen LogP contribution in [0, 0.1) is 0 Å². The van der Waals surface area contributed by atoms with Crippen molar-refractivity contribution in [3.63, 3.8) is 0 Å². The number of amidine groups is 1. The summed E-state index contributed by atoms with van der Waals surface area (Å²) < 4.78 is 5.46. The van der Waals surface area contributed by atoms with E-state index >= 15 is 0 Å². The van der Waals surface area contributed by atoms with E-state index in [9.17, 15) is 9.90 Å². The molecule has 1 aromatic heterocycles. The van der Waals surface area contributed by atoms with Gasteiger partial charge >= 0.3 is 0 Å². The summed E-state index contributed by atoms with van der Waals surface area (Å²) in [6.07, 6.45) is 5.21. The third-order valence-electron chi connectivity index (χ3n) is 4.54. The van der Waals surface area contributed by atoms with Crippen LogP contribution >= 0.6 is 11.8 Å². The molecule has 1 amide bonds. The number of aromatic hydroxyl groups is 1. The fourth-order valence-corrected chi connectivity index (χ4v) is 4.06. The number of aromatic nitrogens is 1. The summed E-state index contributed by atoms with van der Waals surface area (Å²) in [5.41, 5.74) is 2.51. The number of carbonyl (C=O) groups excluding carboxylic acids is 1. The van der Waals surface area contributed by atoms with E-state index in [1.807, 2.05) is 49.4 Å².